The van der Waals surface area contributed by atoms with Crippen molar-refractivity contribution in [3.8, 4) is 0 Å². The molecule has 4 heteroatoms. The summed E-state index contributed by atoms with van der Waals surface area (Å²) in [5.41, 5.74) is 8.12. The van der Waals surface area contributed by atoms with E-state index in [0.29, 0.717) is 12.6 Å². The molecule has 2 aliphatic heterocycles. The summed E-state index contributed by atoms with van der Waals surface area (Å²) in [7, 11) is 2.28. The number of hydrogen-bond acceptors (Lipinski definition) is 4. The summed E-state index contributed by atoms with van der Waals surface area (Å²) >= 11 is 0. The zero-order valence-electron chi connectivity index (χ0n) is 12.0. The number of fused-ring (bicyclic) bond motifs is 2. The Balaban J connectivity index is 1.88. The predicted octanol–water partition coefficient (Wildman–Crippen LogP) is 1.52. The third-order valence-corrected chi connectivity index (χ3v) is 4.76. The van der Waals surface area contributed by atoms with E-state index in [1.54, 1.807) is 0 Å². The molecular weight excluding hydrogens is 236 g/mol. The van der Waals surface area contributed by atoms with Gasteiger partial charge < -0.3 is 10.6 Å². The Kier molecular flexibility index (Phi) is 3.46. The van der Waals surface area contributed by atoms with Crippen LogP contribution in [0.1, 0.15) is 30.5 Å². The van der Waals surface area contributed by atoms with Crippen LogP contribution >= 0.6 is 0 Å². The van der Waals surface area contributed by atoms with E-state index in [-0.39, 0.29) is 0 Å². The van der Waals surface area contributed by atoms with Crippen molar-refractivity contribution in [1.29, 1.82) is 0 Å². The summed E-state index contributed by atoms with van der Waals surface area (Å²) in [4.78, 5) is 9.77. The van der Waals surface area contributed by atoms with Crippen molar-refractivity contribution in [2.75, 3.05) is 25.0 Å². The summed E-state index contributed by atoms with van der Waals surface area (Å²) in [6.45, 7) is 4.83. The number of rotatable bonds is 2. The van der Waals surface area contributed by atoms with Gasteiger partial charge in [0, 0.05) is 43.0 Å². The van der Waals surface area contributed by atoms with Crippen LogP contribution in [-0.4, -0.2) is 42.1 Å². The third-order valence-electron chi connectivity index (χ3n) is 4.76. The molecule has 3 rings (SSSR count). The normalized spacial score (nSPS) is 27.6. The van der Waals surface area contributed by atoms with Crippen LogP contribution in [0.3, 0.4) is 0 Å². The maximum atomic E-state index is 5.87. The Morgan fingerprint density at radius 1 is 1.26 bits per heavy atom. The molecule has 104 valence electrons. The van der Waals surface area contributed by atoms with Gasteiger partial charge in [-0.25, -0.2) is 4.98 Å². The summed E-state index contributed by atoms with van der Waals surface area (Å²) in [5, 5.41) is 0. The minimum Gasteiger partial charge on any atom is -0.355 e. The number of nitrogens with two attached hydrogens (primary N) is 1. The molecule has 0 radical (unpaired) electrons. The van der Waals surface area contributed by atoms with Crippen LogP contribution in [0, 0.1) is 6.92 Å². The van der Waals surface area contributed by atoms with Crippen molar-refractivity contribution in [3.63, 3.8) is 0 Å². The molecule has 0 spiro atoms. The Bertz CT molecular complexity index is 459. The summed E-state index contributed by atoms with van der Waals surface area (Å²) in [6, 6.07) is 5.63. The SMILES string of the molecule is Cc1ccc(CN)c(N2CCC3CCC(C2)N3C)n1. The van der Waals surface area contributed by atoms with Gasteiger partial charge in [0.05, 0.1) is 0 Å². The minimum absolute atomic E-state index is 0.572. The van der Waals surface area contributed by atoms with E-state index in [1.807, 2.05) is 0 Å². The highest BCUT2D eigenvalue weighted by molar-refractivity contribution is 5.48. The van der Waals surface area contributed by atoms with Crippen LogP contribution in [0.5, 0.6) is 0 Å². The van der Waals surface area contributed by atoms with Crippen molar-refractivity contribution in [1.82, 2.24) is 9.88 Å². The number of aromatic nitrogens is 1. The lowest BCUT2D eigenvalue weighted by atomic mass is 10.1. The van der Waals surface area contributed by atoms with Crippen LogP contribution in [0.25, 0.3) is 0 Å². The van der Waals surface area contributed by atoms with Gasteiger partial charge in [0.25, 0.3) is 0 Å². The Labute approximate surface area is 115 Å². The maximum absolute atomic E-state index is 5.87. The van der Waals surface area contributed by atoms with Crippen LogP contribution in [-0.2, 0) is 6.54 Å². The number of likely N-dealkylation sites (N-methyl/N-ethyl adjacent to an activating group) is 1. The molecule has 2 aliphatic rings. The maximum Gasteiger partial charge on any atom is 0.133 e. The van der Waals surface area contributed by atoms with Crippen molar-refractivity contribution in [2.45, 2.75) is 44.8 Å². The van der Waals surface area contributed by atoms with Crippen molar-refractivity contribution in [3.05, 3.63) is 23.4 Å². The fourth-order valence-electron chi connectivity index (χ4n) is 3.51. The monoisotopic (exact) mass is 260 g/mol. The lowest BCUT2D eigenvalue weighted by molar-refractivity contribution is 0.254. The number of hydrogen-bond donors (Lipinski definition) is 1. The Morgan fingerprint density at radius 2 is 2.05 bits per heavy atom. The van der Waals surface area contributed by atoms with Crippen molar-refractivity contribution < 1.29 is 0 Å². The molecule has 2 unspecified atom stereocenters. The average molecular weight is 260 g/mol. The first kappa shape index (κ1) is 12.9. The summed E-state index contributed by atoms with van der Waals surface area (Å²) < 4.78 is 0. The topological polar surface area (TPSA) is 45.4 Å². The number of nitrogens with zero attached hydrogens (tertiary/aromatic N) is 3. The van der Waals surface area contributed by atoms with Gasteiger partial charge >= 0.3 is 0 Å². The Hall–Kier alpha value is -1.13. The molecule has 2 saturated heterocycles. The van der Waals surface area contributed by atoms with Gasteiger partial charge in [-0.3, -0.25) is 4.90 Å². The molecule has 2 atom stereocenters. The molecule has 1 aromatic rings. The first-order chi connectivity index (χ1) is 9.19. The average Bonchev–Trinajstić information content (AvgIpc) is 2.63. The largest absolute Gasteiger partial charge is 0.355 e. The molecule has 2 bridgehead atoms. The molecule has 0 aromatic carbocycles. The smallest absolute Gasteiger partial charge is 0.133 e. The summed E-state index contributed by atoms with van der Waals surface area (Å²) in [5.74, 6) is 1.11. The van der Waals surface area contributed by atoms with Gasteiger partial charge in [-0.15, -0.1) is 0 Å². The van der Waals surface area contributed by atoms with Gasteiger partial charge in [0.15, 0.2) is 0 Å². The van der Waals surface area contributed by atoms with Gasteiger partial charge in [-0.2, -0.15) is 0 Å². The molecule has 3 heterocycles. The van der Waals surface area contributed by atoms with Gasteiger partial charge in [0.1, 0.15) is 5.82 Å². The quantitative estimate of drug-likeness (QED) is 0.876. The molecule has 0 saturated carbocycles. The van der Waals surface area contributed by atoms with Crippen LogP contribution < -0.4 is 10.6 Å². The van der Waals surface area contributed by atoms with E-state index in [1.165, 1.54) is 24.8 Å². The molecule has 19 heavy (non-hydrogen) atoms. The van der Waals surface area contributed by atoms with E-state index < -0.39 is 0 Å². The zero-order valence-corrected chi connectivity index (χ0v) is 12.0. The van der Waals surface area contributed by atoms with Gasteiger partial charge in [-0.05, 0) is 39.3 Å². The first-order valence-electron chi connectivity index (χ1n) is 7.32. The van der Waals surface area contributed by atoms with E-state index in [2.05, 4.69) is 35.9 Å². The number of pyridine rings is 1. The minimum atomic E-state index is 0.572. The molecular formula is C15H24N4. The van der Waals surface area contributed by atoms with Crippen LogP contribution in [0.15, 0.2) is 12.1 Å². The fraction of sp³-hybridized carbons (Fsp3) is 0.667. The first-order valence-corrected chi connectivity index (χ1v) is 7.32. The lowest BCUT2D eigenvalue weighted by Gasteiger charge is -2.28. The molecule has 0 amide bonds. The van der Waals surface area contributed by atoms with E-state index in [4.69, 9.17) is 10.7 Å². The second-order valence-corrected chi connectivity index (χ2v) is 5.92. The van der Waals surface area contributed by atoms with E-state index in [0.717, 1.165) is 30.6 Å². The molecule has 2 N–H and O–H groups in total. The van der Waals surface area contributed by atoms with E-state index >= 15 is 0 Å². The lowest BCUT2D eigenvalue weighted by Crippen LogP contribution is -2.37. The Morgan fingerprint density at radius 3 is 2.84 bits per heavy atom. The second-order valence-electron chi connectivity index (χ2n) is 5.92. The zero-order chi connectivity index (χ0) is 13.4. The molecule has 1 aromatic heterocycles. The van der Waals surface area contributed by atoms with Crippen molar-refractivity contribution in [2.24, 2.45) is 5.73 Å². The third kappa shape index (κ3) is 2.35. The van der Waals surface area contributed by atoms with E-state index in [9.17, 15) is 0 Å². The van der Waals surface area contributed by atoms with Crippen LogP contribution in [0.2, 0.25) is 0 Å². The molecule has 4 nitrogen and oxygen atoms in total. The number of anilines is 1. The number of aryl methyl sites for hydroxylation is 1. The fourth-order valence-corrected chi connectivity index (χ4v) is 3.51. The molecule has 0 aliphatic carbocycles. The highest BCUT2D eigenvalue weighted by Crippen LogP contribution is 2.31. The second kappa shape index (κ2) is 5.10. The van der Waals surface area contributed by atoms with Crippen molar-refractivity contribution >= 4 is 5.82 Å². The summed E-state index contributed by atoms with van der Waals surface area (Å²) in [6.07, 6.45) is 3.92. The van der Waals surface area contributed by atoms with Gasteiger partial charge in [0.2, 0.25) is 0 Å². The molecule has 2 fully saturated rings. The van der Waals surface area contributed by atoms with Crippen LogP contribution in [0.4, 0.5) is 5.82 Å². The van der Waals surface area contributed by atoms with Gasteiger partial charge in [-0.1, -0.05) is 6.07 Å². The highest BCUT2D eigenvalue weighted by Gasteiger charge is 2.35. The predicted molar refractivity (Wildman–Crippen MR) is 78.3 cm³/mol. The standard InChI is InChI=1S/C15H24N4/c1-11-3-4-12(9-16)15(17-11)19-8-7-13-5-6-14(10-19)18(13)2/h3-4,13-14H,5-10,16H2,1-2H3. The highest BCUT2D eigenvalue weighted by atomic mass is 15.3.